The third-order valence-electron chi connectivity index (χ3n) is 4.25. The summed E-state index contributed by atoms with van der Waals surface area (Å²) in [6, 6.07) is 19.5. The van der Waals surface area contributed by atoms with Crippen molar-refractivity contribution in [2.45, 2.75) is 0 Å². The van der Waals surface area contributed by atoms with E-state index in [2.05, 4.69) is 0 Å². The van der Waals surface area contributed by atoms with E-state index in [0.29, 0.717) is 16.1 Å². The summed E-state index contributed by atoms with van der Waals surface area (Å²) >= 11 is 11.9. The van der Waals surface area contributed by atoms with E-state index in [4.69, 9.17) is 32.7 Å². The van der Waals surface area contributed by atoms with Gasteiger partial charge in [-0.25, -0.2) is 4.79 Å². The highest BCUT2D eigenvalue weighted by atomic mass is 35.5. The Balaban J connectivity index is 1.87. The lowest BCUT2D eigenvalue weighted by Crippen LogP contribution is -2.10. The van der Waals surface area contributed by atoms with Gasteiger partial charge in [-0.05, 0) is 42.0 Å². The van der Waals surface area contributed by atoms with Gasteiger partial charge in [0, 0.05) is 10.6 Å². The fraction of sp³-hybridized carbons (Fsp3) is 0.0417. The number of hydrogen-bond acceptors (Lipinski definition) is 5. The van der Waals surface area contributed by atoms with Crippen molar-refractivity contribution >= 4 is 41.0 Å². The number of nitriles is 1. The molecular weight excluding hydrogens is 437 g/mol. The minimum atomic E-state index is -0.680. The number of allylic oxidation sites excluding steroid dienone is 1. The number of carbonyl (C=O) groups excluding carboxylic acids is 2. The number of esters is 1. The summed E-state index contributed by atoms with van der Waals surface area (Å²) in [5, 5.41) is 9.99. The molecule has 0 aliphatic rings. The Morgan fingerprint density at radius 3 is 2.35 bits per heavy atom. The van der Waals surface area contributed by atoms with Crippen LogP contribution in [0.15, 0.2) is 72.3 Å². The van der Waals surface area contributed by atoms with Gasteiger partial charge in [0.15, 0.2) is 11.5 Å². The number of rotatable bonds is 6. The van der Waals surface area contributed by atoms with Crippen LogP contribution in [0.5, 0.6) is 11.5 Å². The maximum absolute atomic E-state index is 12.5. The second-order valence-electron chi connectivity index (χ2n) is 6.29. The average molecular weight is 452 g/mol. The van der Waals surface area contributed by atoms with Crippen LogP contribution in [0.2, 0.25) is 10.0 Å². The number of ketones is 1. The highest BCUT2D eigenvalue weighted by molar-refractivity contribution is 6.36. The van der Waals surface area contributed by atoms with Crippen LogP contribution < -0.4 is 9.47 Å². The van der Waals surface area contributed by atoms with Crippen molar-refractivity contribution in [1.29, 1.82) is 5.26 Å². The molecule has 0 heterocycles. The van der Waals surface area contributed by atoms with Crippen molar-refractivity contribution in [3.05, 3.63) is 99.0 Å². The Labute approximate surface area is 189 Å². The molecule has 3 aromatic carbocycles. The van der Waals surface area contributed by atoms with Gasteiger partial charge in [-0.15, -0.1) is 0 Å². The van der Waals surface area contributed by atoms with Gasteiger partial charge in [-0.2, -0.15) is 5.26 Å². The van der Waals surface area contributed by atoms with Crippen molar-refractivity contribution in [2.24, 2.45) is 0 Å². The minimum Gasteiger partial charge on any atom is -0.493 e. The van der Waals surface area contributed by atoms with E-state index in [-0.39, 0.29) is 27.7 Å². The summed E-state index contributed by atoms with van der Waals surface area (Å²) in [5.74, 6) is -0.671. The Kier molecular flexibility index (Phi) is 7.09. The number of methoxy groups -OCH3 is 1. The van der Waals surface area contributed by atoms with E-state index in [1.165, 1.54) is 37.5 Å². The Morgan fingerprint density at radius 2 is 1.71 bits per heavy atom. The number of halogens is 2. The van der Waals surface area contributed by atoms with Gasteiger partial charge in [0.2, 0.25) is 5.78 Å². The number of hydrogen-bond donors (Lipinski definition) is 0. The highest BCUT2D eigenvalue weighted by Crippen LogP contribution is 2.31. The summed E-state index contributed by atoms with van der Waals surface area (Å²) in [7, 11) is 1.41. The van der Waals surface area contributed by atoms with Gasteiger partial charge in [-0.1, -0.05) is 59.6 Å². The van der Waals surface area contributed by atoms with Crippen LogP contribution in [0.3, 0.4) is 0 Å². The van der Waals surface area contributed by atoms with Crippen molar-refractivity contribution in [2.75, 3.05) is 7.11 Å². The fourth-order valence-corrected chi connectivity index (χ4v) is 3.21. The van der Waals surface area contributed by atoms with Gasteiger partial charge in [-0.3, -0.25) is 4.79 Å². The van der Waals surface area contributed by atoms with E-state index >= 15 is 0 Å². The smallest absolute Gasteiger partial charge is 0.345 e. The SMILES string of the molecule is COc1cc(C=C(C#N)C(=O)c2ccccc2)ccc1OC(=O)c1ccc(Cl)cc1Cl. The Morgan fingerprint density at radius 1 is 0.968 bits per heavy atom. The third-order valence-corrected chi connectivity index (χ3v) is 4.80. The first-order valence-corrected chi connectivity index (χ1v) is 9.75. The Bertz CT molecular complexity index is 1210. The van der Waals surface area contributed by atoms with Crippen LogP contribution in [-0.4, -0.2) is 18.9 Å². The molecular formula is C24H15Cl2NO4. The summed E-state index contributed by atoms with van der Waals surface area (Å²) in [4.78, 5) is 25.0. The first-order valence-electron chi connectivity index (χ1n) is 8.99. The molecule has 0 aliphatic heterocycles. The van der Waals surface area contributed by atoms with Gasteiger partial charge in [0.25, 0.3) is 0 Å². The summed E-state index contributed by atoms with van der Waals surface area (Å²) in [6.45, 7) is 0. The van der Waals surface area contributed by atoms with Crippen LogP contribution in [-0.2, 0) is 0 Å². The monoisotopic (exact) mass is 451 g/mol. The summed E-state index contributed by atoms with van der Waals surface area (Å²) < 4.78 is 10.7. The highest BCUT2D eigenvalue weighted by Gasteiger charge is 2.17. The predicted octanol–water partition coefficient (Wildman–Crippen LogP) is 6.01. The number of ether oxygens (including phenoxy) is 2. The summed E-state index contributed by atoms with van der Waals surface area (Å²) in [5.41, 5.74) is 1.05. The second kappa shape index (κ2) is 9.94. The molecule has 3 aromatic rings. The molecule has 0 saturated heterocycles. The molecule has 0 amide bonds. The lowest BCUT2D eigenvalue weighted by molar-refractivity contribution is 0.0729. The fourth-order valence-electron chi connectivity index (χ4n) is 2.73. The molecule has 7 heteroatoms. The molecule has 0 N–H and O–H groups in total. The molecule has 0 spiro atoms. The van der Waals surface area contributed by atoms with E-state index in [1.54, 1.807) is 42.5 Å². The minimum absolute atomic E-state index is 0.0362. The lowest BCUT2D eigenvalue weighted by atomic mass is 10.0. The van der Waals surface area contributed by atoms with E-state index in [0.717, 1.165) is 0 Å². The molecule has 5 nitrogen and oxygen atoms in total. The van der Waals surface area contributed by atoms with Crippen LogP contribution in [0.4, 0.5) is 0 Å². The first kappa shape index (κ1) is 22.1. The number of nitrogens with zero attached hydrogens (tertiary/aromatic N) is 1. The van der Waals surface area contributed by atoms with E-state index < -0.39 is 11.8 Å². The van der Waals surface area contributed by atoms with Crippen molar-refractivity contribution in [3.8, 4) is 17.6 Å². The van der Waals surface area contributed by atoms with E-state index in [9.17, 15) is 14.9 Å². The van der Waals surface area contributed by atoms with Gasteiger partial charge < -0.3 is 9.47 Å². The van der Waals surface area contributed by atoms with Crippen LogP contribution in [0.1, 0.15) is 26.3 Å². The maximum Gasteiger partial charge on any atom is 0.345 e. The maximum atomic E-state index is 12.5. The quantitative estimate of drug-likeness (QED) is 0.151. The van der Waals surface area contributed by atoms with Gasteiger partial charge in [0.05, 0.1) is 17.7 Å². The molecule has 0 atom stereocenters. The molecule has 0 bridgehead atoms. The molecule has 0 aromatic heterocycles. The topological polar surface area (TPSA) is 76.4 Å². The molecule has 154 valence electrons. The number of benzene rings is 3. The normalized spacial score (nSPS) is 10.8. The number of Topliss-reactive ketones (excluding diaryl/α,β-unsaturated/α-hetero) is 1. The molecule has 0 aliphatic carbocycles. The van der Waals surface area contributed by atoms with E-state index in [1.807, 2.05) is 6.07 Å². The van der Waals surface area contributed by atoms with Crippen molar-refractivity contribution in [1.82, 2.24) is 0 Å². The number of carbonyl (C=O) groups is 2. The standard InChI is InChI=1S/C24H15Cl2NO4/c1-30-22-12-15(11-17(14-27)23(28)16-5-3-2-4-6-16)7-10-21(22)31-24(29)19-9-8-18(25)13-20(19)26/h2-13H,1H3. The summed E-state index contributed by atoms with van der Waals surface area (Å²) in [6.07, 6.45) is 1.44. The Hall–Kier alpha value is -3.59. The molecule has 0 saturated carbocycles. The van der Waals surface area contributed by atoms with Crippen LogP contribution in [0.25, 0.3) is 6.08 Å². The third kappa shape index (κ3) is 5.32. The lowest BCUT2D eigenvalue weighted by Gasteiger charge is -2.11. The molecule has 3 rings (SSSR count). The predicted molar refractivity (Wildman–Crippen MR) is 119 cm³/mol. The molecule has 0 fully saturated rings. The van der Waals surface area contributed by atoms with Gasteiger partial charge >= 0.3 is 5.97 Å². The molecule has 31 heavy (non-hydrogen) atoms. The zero-order chi connectivity index (χ0) is 22.4. The van der Waals surface area contributed by atoms with Gasteiger partial charge in [0.1, 0.15) is 11.6 Å². The van der Waals surface area contributed by atoms with Crippen LogP contribution >= 0.6 is 23.2 Å². The van der Waals surface area contributed by atoms with Crippen LogP contribution in [0, 0.1) is 11.3 Å². The van der Waals surface area contributed by atoms with Crippen molar-refractivity contribution < 1.29 is 19.1 Å². The average Bonchev–Trinajstić information content (AvgIpc) is 2.78. The zero-order valence-corrected chi connectivity index (χ0v) is 17.8. The molecule has 0 radical (unpaired) electrons. The van der Waals surface area contributed by atoms with Crippen molar-refractivity contribution in [3.63, 3.8) is 0 Å². The first-order chi connectivity index (χ1) is 14.9. The molecule has 0 unspecified atom stereocenters. The second-order valence-corrected chi connectivity index (χ2v) is 7.13. The largest absolute Gasteiger partial charge is 0.493 e. The zero-order valence-electron chi connectivity index (χ0n) is 16.3.